The first kappa shape index (κ1) is 15.1. The topological polar surface area (TPSA) is 98.0 Å². The van der Waals surface area contributed by atoms with Crippen molar-refractivity contribution in [2.45, 2.75) is 6.92 Å². The maximum Gasteiger partial charge on any atom is 0.283 e. The Morgan fingerprint density at radius 3 is 2.62 bits per heavy atom. The van der Waals surface area contributed by atoms with Gasteiger partial charge in [-0.2, -0.15) is 0 Å². The minimum Gasteiger partial charge on any atom is -0.290 e. The van der Waals surface area contributed by atoms with Crippen molar-refractivity contribution >= 4 is 40.7 Å². The molecule has 0 fully saturated rings. The number of benzene rings is 1. The molecule has 0 unspecified atom stereocenters. The first-order chi connectivity index (χ1) is 9.86. The van der Waals surface area contributed by atoms with Gasteiger partial charge in [-0.05, 0) is 25.1 Å². The Labute approximate surface area is 129 Å². The highest BCUT2D eigenvalue weighted by atomic mass is 35.5. The Morgan fingerprint density at radius 1 is 1.29 bits per heavy atom. The van der Waals surface area contributed by atoms with E-state index in [4.69, 9.17) is 23.2 Å². The zero-order valence-corrected chi connectivity index (χ0v) is 12.1. The first-order valence-corrected chi connectivity index (χ1v) is 6.39. The Bertz CT molecular complexity index is 716. The van der Waals surface area contributed by atoms with Gasteiger partial charge in [0.2, 0.25) is 5.95 Å². The van der Waals surface area contributed by atoms with E-state index in [9.17, 15) is 14.9 Å². The summed E-state index contributed by atoms with van der Waals surface area (Å²) in [5.41, 5.74) is 0.000263. The normalized spacial score (nSPS) is 10.2. The molecule has 7 nitrogen and oxygen atoms in total. The second-order valence-corrected chi connectivity index (χ2v) is 4.85. The van der Waals surface area contributed by atoms with Crippen LogP contribution in [0.3, 0.4) is 0 Å². The summed E-state index contributed by atoms with van der Waals surface area (Å²) < 4.78 is 0. The number of aryl methyl sites for hydroxylation is 1. The number of amides is 1. The van der Waals surface area contributed by atoms with E-state index in [1.807, 2.05) is 0 Å². The molecule has 1 N–H and O–H groups in total. The number of aromatic nitrogens is 2. The lowest BCUT2D eigenvalue weighted by Crippen LogP contribution is -2.16. The maximum atomic E-state index is 12.1. The number of rotatable bonds is 3. The fourth-order valence-electron chi connectivity index (χ4n) is 1.60. The van der Waals surface area contributed by atoms with E-state index in [0.717, 1.165) is 6.07 Å². The Balaban J connectivity index is 2.34. The molecule has 1 aromatic carbocycles. The van der Waals surface area contributed by atoms with Crippen molar-refractivity contribution in [1.82, 2.24) is 9.97 Å². The molecule has 1 aromatic heterocycles. The highest BCUT2D eigenvalue weighted by Crippen LogP contribution is 2.24. The average Bonchev–Trinajstić information content (AvgIpc) is 2.36. The van der Waals surface area contributed by atoms with Crippen molar-refractivity contribution in [3.05, 3.63) is 55.8 Å². The average molecular weight is 327 g/mol. The van der Waals surface area contributed by atoms with Crippen LogP contribution in [0.25, 0.3) is 0 Å². The van der Waals surface area contributed by atoms with Gasteiger partial charge in [0.15, 0.2) is 0 Å². The number of hydrogen-bond donors (Lipinski definition) is 1. The molecule has 0 aliphatic rings. The third-order valence-corrected chi connectivity index (χ3v) is 2.88. The predicted octanol–water partition coefficient (Wildman–Crippen LogP) is 3.25. The Kier molecular flexibility index (Phi) is 4.35. The molecule has 21 heavy (non-hydrogen) atoms. The fraction of sp³-hybridized carbons (Fsp3) is 0.0833. The van der Waals surface area contributed by atoms with E-state index >= 15 is 0 Å². The van der Waals surface area contributed by atoms with Crippen LogP contribution >= 0.6 is 23.2 Å². The molecule has 108 valence electrons. The van der Waals surface area contributed by atoms with Gasteiger partial charge < -0.3 is 0 Å². The van der Waals surface area contributed by atoms with Crippen LogP contribution in [0.5, 0.6) is 0 Å². The summed E-state index contributed by atoms with van der Waals surface area (Å²) in [5, 5.41) is 13.6. The van der Waals surface area contributed by atoms with Crippen molar-refractivity contribution in [3.63, 3.8) is 0 Å². The molecule has 0 bridgehead atoms. The summed E-state index contributed by atoms with van der Waals surface area (Å²) in [5.74, 6) is -0.755. The summed E-state index contributed by atoms with van der Waals surface area (Å²) in [6.45, 7) is 1.67. The summed E-state index contributed by atoms with van der Waals surface area (Å²) in [4.78, 5) is 30.1. The van der Waals surface area contributed by atoms with E-state index in [-0.39, 0.29) is 21.7 Å². The summed E-state index contributed by atoms with van der Waals surface area (Å²) in [6, 6.07) is 5.25. The van der Waals surface area contributed by atoms with E-state index in [1.165, 1.54) is 18.2 Å². The largest absolute Gasteiger partial charge is 0.290 e. The fourth-order valence-corrected chi connectivity index (χ4v) is 2.01. The van der Waals surface area contributed by atoms with Crippen molar-refractivity contribution < 1.29 is 9.72 Å². The van der Waals surface area contributed by atoms with Gasteiger partial charge in [0.05, 0.1) is 4.92 Å². The molecule has 0 spiro atoms. The monoisotopic (exact) mass is 326 g/mol. The van der Waals surface area contributed by atoms with Gasteiger partial charge in [0, 0.05) is 16.8 Å². The third kappa shape index (κ3) is 3.65. The van der Waals surface area contributed by atoms with E-state index in [2.05, 4.69) is 15.3 Å². The lowest BCUT2D eigenvalue weighted by atomic mass is 10.1. The minimum atomic E-state index is -0.722. The van der Waals surface area contributed by atoms with Crippen LogP contribution < -0.4 is 5.32 Å². The van der Waals surface area contributed by atoms with Crippen molar-refractivity contribution in [3.8, 4) is 0 Å². The molecule has 0 saturated carbocycles. The second kappa shape index (κ2) is 6.02. The molecule has 0 radical (unpaired) electrons. The van der Waals surface area contributed by atoms with Crippen molar-refractivity contribution in [2.24, 2.45) is 0 Å². The van der Waals surface area contributed by atoms with Gasteiger partial charge in [-0.1, -0.05) is 23.2 Å². The van der Waals surface area contributed by atoms with Crippen LogP contribution in [-0.2, 0) is 0 Å². The van der Waals surface area contributed by atoms with Gasteiger partial charge in [0.25, 0.3) is 11.6 Å². The third-order valence-electron chi connectivity index (χ3n) is 2.45. The number of nitro benzene ring substituents is 1. The van der Waals surface area contributed by atoms with Crippen LogP contribution in [-0.4, -0.2) is 20.8 Å². The zero-order chi connectivity index (χ0) is 15.6. The maximum absolute atomic E-state index is 12.1. The van der Waals surface area contributed by atoms with Crippen LogP contribution in [0.4, 0.5) is 11.6 Å². The number of carbonyl (C=O) groups excluding carboxylic acids is 1. The van der Waals surface area contributed by atoms with Crippen LogP contribution in [0, 0.1) is 17.0 Å². The molecule has 0 atom stereocenters. The van der Waals surface area contributed by atoms with Crippen molar-refractivity contribution in [1.29, 1.82) is 0 Å². The second-order valence-electron chi connectivity index (χ2n) is 4.03. The summed E-state index contributed by atoms with van der Waals surface area (Å²) in [7, 11) is 0. The number of halogens is 2. The number of anilines is 1. The predicted molar refractivity (Wildman–Crippen MR) is 77.8 cm³/mol. The van der Waals surface area contributed by atoms with Crippen LogP contribution in [0.1, 0.15) is 16.1 Å². The van der Waals surface area contributed by atoms with E-state index in [0.29, 0.717) is 5.69 Å². The zero-order valence-electron chi connectivity index (χ0n) is 10.6. The SMILES string of the molecule is Cc1cc(Cl)nc(NC(=O)c2ccc(Cl)cc2[N+](=O)[O-])n1. The first-order valence-electron chi connectivity index (χ1n) is 5.63. The number of nitrogens with one attached hydrogen (secondary N) is 1. The summed E-state index contributed by atoms with van der Waals surface area (Å²) in [6.07, 6.45) is 0. The highest BCUT2D eigenvalue weighted by molar-refractivity contribution is 6.31. The molecule has 0 aliphatic carbocycles. The number of hydrogen-bond acceptors (Lipinski definition) is 5. The number of carbonyl (C=O) groups is 1. The number of nitro groups is 1. The molecule has 1 heterocycles. The van der Waals surface area contributed by atoms with E-state index in [1.54, 1.807) is 6.92 Å². The van der Waals surface area contributed by atoms with Gasteiger partial charge in [-0.25, -0.2) is 9.97 Å². The van der Waals surface area contributed by atoms with Gasteiger partial charge in [0.1, 0.15) is 10.7 Å². The lowest BCUT2D eigenvalue weighted by Gasteiger charge is -2.06. The lowest BCUT2D eigenvalue weighted by molar-refractivity contribution is -0.385. The Morgan fingerprint density at radius 2 is 2.00 bits per heavy atom. The molecule has 9 heteroatoms. The minimum absolute atomic E-state index is 0.0331. The van der Waals surface area contributed by atoms with E-state index < -0.39 is 16.5 Å². The quantitative estimate of drug-likeness (QED) is 0.530. The van der Waals surface area contributed by atoms with Crippen molar-refractivity contribution in [2.75, 3.05) is 5.32 Å². The molecular weight excluding hydrogens is 319 g/mol. The molecule has 2 aromatic rings. The van der Waals surface area contributed by atoms with Crippen LogP contribution in [0.2, 0.25) is 10.2 Å². The molecule has 2 rings (SSSR count). The highest BCUT2D eigenvalue weighted by Gasteiger charge is 2.21. The molecule has 0 aliphatic heterocycles. The molecule has 1 amide bonds. The smallest absolute Gasteiger partial charge is 0.283 e. The molecular formula is C12H8Cl2N4O3. The standard InChI is InChI=1S/C12H8Cl2N4O3/c1-6-4-10(14)16-12(15-6)17-11(19)8-3-2-7(13)5-9(8)18(20)21/h2-5H,1H3,(H,15,16,17,19). The number of nitrogens with zero attached hydrogens (tertiary/aromatic N) is 3. The van der Waals surface area contributed by atoms with Gasteiger partial charge in [-0.3, -0.25) is 20.2 Å². The summed E-state index contributed by atoms with van der Waals surface area (Å²) >= 11 is 11.4. The van der Waals surface area contributed by atoms with Crippen LogP contribution in [0.15, 0.2) is 24.3 Å². The molecule has 0 saturated heterocycles. The van der Waals surface area contributed by atoms with Gasteiger partial charge in [-0.15, -0.1) is 0 Å². The van der Waals surface area contributed by atoms with Gasteiger partial charge >= 0.3 is 0 Å². The Hall–Kier alpha value is -2.25.